The quantitative estimate of drug-likeness (QED) is 0.144. The molecule has 3 aromatic carbocycles. The molecule has 6 rings (SSSR count). The summed E-state index contributed by atoms with van der Waals surface area (Å²) in [6, 6.07) is 23.2. The molecule has 0 atom stereocenters. The van der Waals surface area contributed by atoms with Crippen molar-refractivity contribution in [2.75, 3.05) is 0 Å². The number of hydrogen-bond donors (Lipinski definition) is 1. The molecule has 0 saturated heterocycles. The molecular weight excluding hydrogens is 531 g/mol. The largest absolute Gasteiger partial charge is 0.318 e. The molecule has 0 unspecified atom stereocenters. The Labute approximate surface area is 210 Å². The van der Waals surface area contributed by atoms with Gasteiger partial charge < -0.3 is 4.98 Å². The molecule has 2 heterocycles. The number of hydrogen-bond acceptors (Lipinski definition) is 2. The first kappa shape index (κ1) is 25.4. The van der Waals surface area contributed by atoms with Gasteiger partial charge in [0.05, 0.1) is 0 Å². The van der Waals surface area contributed by atoms with Gasteiger partial charge in [0.2, 0.25) is 12.0 Å². The van der Waals surface area contributed by atoms with Crippen LogP contribution in [0.4, 0.5) is 25.2 Å². The molecule has 0 fully saturated rings. The van der Waals surface area contributed by atoms with Gasteiger partial charge in [-0.25, -0.2) is 4.57 Å². The van der Waals surface area contributed by atoms with Crippen molar-refractivity contribution in [2.24, 2.45) is 0 Å². The van der Waals surface area contributed by atoms with E-state index >= 15 is 0 Å². The Morgan fingerprint density at radius 3 is 2.05 bits per heavy atom. The summed E-state index contributed by atoms with van der Waals surface area (Å²) in [6.45, 7) is 0.703. The van der Waals surface area contributed by atoms with Crippen LogP contribution < -0.4 is 10.1 Å². The zero-order valence-corrected chi connectivity index (χ0v) is 20.2. The first-order chi connectivity index (χ1) is 17.7. The van der Waals surface area contributed by atoms with Gasteiger partial charge >= 0.3 is 33.0 Å². The van der Waals surface area contributed by atoms with Crippen molar-refractivity contribution < 1.29 is 34.5 Å². The third kappa shape index (κ3) is 5.52. The second-order valence-corrected chi connectivity index (χ2v) is 10.6. The molecule has 0 amide bonds. The van der Waals surface area contributed by atoms with Gasteiger partial charge in [-0.2, -0.15) is 4.57 Å². The normalized spacial score (nSPS) is 14.2. The molecule has 0 radical (unpaired) electrons. The first-order valence-electron chi connectivity index (χ1n) is 11.2. The first-order valence-corrected chi connectivity index (χ1v) is 13.2. The van der Waals surface area contributed by atoms with Crippen molar-refractivity contribution in [3.8, 4) is 16.8 Å². The fourth-order valence-corrected chi connectivity index (χ4v) is 4.50. The van der Waals surface area contributed by atoms with E-state index in [-0.39, 0.29) is 11.3 Å². The number of ketones is 1. The molecule has 38 heavy (non-hydrogen) atoms. The molecule has 5 nitrogen and oxygen atoms in total. The Balaban J connectivity index is 0.000000374. The second-order valence-electron chi connectivity index (χ2n) is 8.72. The van der Waals surface area contributed by atoms with Gasteiger partial charge in [0, 0.05) is 27.6 Å². The number of pyridine rings is 1. The summed E-state index contributed by atoms with van der Waals surface area (Å²) >= 11 is 0. The number of rotatable bonds is 3. The Bertz CT molecular complexity index is 1770. The number of H-pyrrole nitrogens is 1. The summed E-state index contributed by atoms with van der Waals surface area (Å²) < 4.78 is 63.1. The predicted molar refractivity (Wildman–Crippen MR) is 132 cm³/mol. The van der Waals surface area contributed by atoms with Crippen LogP contribution in [0, 0.1) is 0 Å². The van der Waals surface area contributed by atoms with Crippen molar-refractivity contribution >= 4 is 24.5 Å². The minimum Gasteiger partial charge on any atom is -0.318 e. The monoisotopic (exact) mass is 549 g/mol. The van der Waals surface area contributed by atoms with Gasteiger partial charge in [-0.05, 0) is 17.2 Å². The average Bonchev–Trinajstić information content (AvgIpc) is 3.28. The molecule has 0 aliphatic heterocycles. The van der Waals surface area contributed by atoms with E-state index in [1.165, 1.54) is 5.56 Å². The van der Waals surface area contributed by atoms with E-state index in [0.29, 0.717) is 28.9 Å². The fraction of sp³-hybridized carbons (Fsp3) is 0.0385. The number of halogens is 6. The minimum atomic E-state index is -10.7. The summed E-state index contributed by atoms with van der Waals surface area (Å²) in [5.41, 5.74) is 5.02. The zero-order chi connectivity index (χ0) is 27.4. The van der Waals surface area contributed by atoms with Crippen LogP contribution in [0.1, 0.15) is 21.5 Å². The van der Waals surface area contributed by atoms with Gasteiger partial charge in [-0.3, -0.25) is 9.59 Å². The Morgan fingerprint density at radius 1 is 0.763 bits per heavy atom. The van der Waals surface area contributed by atoms with Crippen LogP contribution in [0.25, 0.3) is 27.7 Å². The second kappa shape index (κ2) is 8.13. The van der Waals surface area contributed by atoms with Gasteiger partial charge in [-0.1, -0.05) is 66.7 Å². The summed E-state index contributed by atoms with van der Waals surface area (Å²) in [5, 5.41) is 0.795. The van der Waals surface area contributed by atoms with E-state index in [9.17, 15) is 34.8 Å². The van der Waals surface area contributed by atoms with Crippen molar-refractivity contribution in [3.05, 3.63) is 119 Å². The number of carbonyl (C=O) groups excluding carboxylic acids is 1. The van der Waals surface area contributed by atoms with Crippen molar-refractivity contribution in [1.82, 2.24) is 9.55 Å². The number of carbonyl (C=O) groups is 1. The van der Waals surface area contributed by atoms with Crippen LogP contribution in [-0.4, -0.2) is 15.3 Å². The van der Waals surface area contributed by atoms with E-state index in [2.05, 4.69) is 17.1 Å². The van der Waals surface area contributed by atoms with E-state index in [1.54, 1.807) is 0 Å². The number of aromatic nitrogens is 3. The topological polar surface area (TPSA) is 58.7 Å². The van der Waals surface area contributed by atoms with Crippen LogP contribution >= 0.6 is 7.81 Å². The number of benzene rings is 3. The maximum Gasteiger partial charge on any atom is 0.296 e. The average molecular weight is 549 g/mol. The third-order valence-electron chi connectivity index (χ3n) is 5.86. The summed E-state index contributed by atoms with van der Waals surface area (Å²) in [6.07, 6.45) is 5.76. The van der Waals surface area contributed by atoms with Gasteiger partial charge in [0.25, 0.3) is 5.56 Å². The molecule has 5 aromatic rings. The number of fused-ring (bicyclic) bond motifs is 2. The van der Waals surface area contributed by atoms with Crippen LogP contribution in [0.5, 0.6) is 0 Å². The van der Waals surface area contributed by atoms with Crippen molar-refractivity contribution in [1.29, 1.82) is 0 Å². The van der Waals surface area contributed by atoms with Crippen LogP contribution in [0.15, 0.2) is 96.3 Å². The standard InChI is InChI=1S/C26H17N3O2.F6P/c30-25-19-10-5-4-9-18(19)23-22-20(25)11-6-12-21(22)27-26(31)24(23)29-14-13-28(16-29)15-17-7-2-1-3-8-17;1-7(2,3,4,5)6/h1-14,16H,15H2;/q;-1/p+1. The van der Waals surface area contributed by atoms with E-state index in [4.69, 9.17) is 0 Å². The molecule has 12 heteroatoms. The molecule has 1 N–H and O–H groups in total. The molecule has 1 aliphatic carbocycles. The van der Waals surface area contributed by atoms with Crippen LogP contribution in [0.2, 0.25) is 0 Å². The fourth-order valence-electron chi connectivity index (χ4n) is 4.50. The molecule has 2 aromatic heterocycles. The molecule has 0 bridgehead atoms. The SMILES string of the molecule is F[P-](F)(F)(F)(F)F.O=C1c2ccccc2-c2c(-n3cc[n+](Cc4ccccc4)c3)c(=O)[nH]c3cccc1c23. The van der Waals surface area contributed by atoms with Gasteiger partial charge in [-0.15, -0.1) is 0 Å². The molecule has 1 aliphatic rings. The van der Waals surface area contributed by atoms with Crippen molar-refractivity contribution in [2.45, 2.75) is 6.54 Å². The van der Waals surface area contributed by atoms with Crippen LogP contribution in [0.3, 0.4) is 0 Å². The van der Waals surface area contributed by atoms with Crippen LogP contribution in [-0.2, 0) is 6.54 Å². The summed E-state index contributed by atoms with van der Waals surface area (Å²) in [5.74, 6) is -0.0154. The molecule has 0 saturated carbocycles. The third-order valence-corrected chi connectivity index (χ3v) is 5.86. The molecule has 0 spiro atoms. The van der Waals surface area contributed by atoms with E-state index in [1.807, 2.05) is 88.5 Å². The van der Waals surface area contributed by atoms with E-state index in [0.717, 1.165) is 16.5 Å². The Morgan fingerprint density at radius 2 is 1.37 bits per heavy atom. The Kier molecular flexibility index (Phi) is 5.44. The summed E-state index contributed by atoms with van der Waals surface area (Å²) in [4.78, 5) is 29.3. The van der Waals surface area contributed by atoms with Gasteiger partial charge in [0.1, 0.15) is 18.9 Å². The Hall–Kier alpha value is -4.24. The zero-order valence-electron chi connectivity index (χ0n) is 19.3. The number of nitrogens with zero attached hydrogens (tertiary/aromatic N) is 2. The van der Waals surface area contributed by atoms with Gasteiger partial charge in [0.15, 0.2) is 5.78 Å². The molecule has 196 valence electrons. The number of aromatic amines is 1. The predicted octanol–water partition coefficient (Wildman–Crippen LogP) is 7.25. The number of nitrogens with one attached hydrogen (secondary N) is 1. The number of imidazole rings is 1. The van der Waals surface area contributed by atoms with E-state index < -0.39 is 7.81 Å². The maximum absolute atomic E-state index is 13.2. The maximum atomic E-state index is 13.2. The van der Waals surface area contributed by atoms with Crippen molar-refractivity contribution in [3.63, 3.8) is 0 Å². The minimum absolute atomic E-state index is 0.0154. The summed E-state index contributed by atoms with van der Waals surface area (Å²) in [7, 11) is -10.7. The molecular formula is C26H18F6N3O2P. The smallest absolute Gasteiger partial charge is 0.296 e.